The van der Waals surface area contributed by atoms with Crippen LogP contribution in [0, 0.1) is 23.2 Å². The summed E-state index contributed by atoms with van der Waals surface area (Å²) in [6.45, 7) is 0. The molecule has 0 aliphatic heterocycles. The summed E-state index contributed by atoms with van der Waals surface area (Å²) in [5.74, 6) is 3.22. The monoisotopic (exact) mass is 237 g/mol. The largest absolute Gasteiger partial charge is 0.454 e. The molecule has 1 aromatic carbocycles. The fourth-order valence-electron chi connectivity index (χ4n) is 1.05. The van der Waals surface area contributed by atoms with Crippen LogP contribution in [0.2, 0.25) is 0 Å². The summed E-state index contributed by atoms with van der Waals surface area (Å²) in [6.07, 6.45) is -4.82. The predicted molar refractivity (Wildman–Crippen MR) is 53.9 cm³/mol. The van der Waals surface area contributed by atoms with Gasteiger partial charge in [0, 0.05) is 11.1 Å². The van der Waals surface area contributed by atoms with Crippen LogP contribution < -0.4 is 0 Å². The maximum absolute atomic E-state index is 12.1. The van der Waals surface area contributed by atoms with E-state index >= 15 is 0 Å². The quantitative estimate of drug-likeness (QED) is 0.556. The van der Waals surface area contributed by atoms with E-state index in [9.17, 15) is 18.0 Å². The number of alkyl halides is 3. The van der Waals surface area contributed by atoms with E-state index in [4.69, 9.17) is 5.26 Å². The second-order valence-corrected chi connectivity index (χ2v) is 3.04. The molecule has 0 atom stereocenters. The molecule has 0 saturated carbocycles. The van der Waals surface area contributed by atoms with Crippen molar-refractivity contribution in [2.45, 2.75) is 12.6 Å². The second-order valence-electron chi connectivity index (χ2n) is 3.04. The number of rotatable bonds is 1. The van der Waals surface area contributed by atoms with Gasteiger partial charge in [-0.2, -0.15) is 18.4 Å². The Kier molecular flexibility index (Phi) is 3.90. The topological polar surface area (TPSA) is 40.9 Å². The van der Waals surface area contributed by atoms with Gasteiger partial charge in [-0.15, -0.1) is 0 Å². The van der Waals surface area contributed by atoms with Gasteiger partial charge >= 0.3 is 6.18 Å². The van der Waals surface area contributed by atoms with Crippen molar-refractivity contribution in [3.05, 3.63) is 35.4 Å². The molecule has 17 heavy (non-hydrogen) atoms. The Morgan fingerprint density at radius 3 is 2.29 bits per heavy atom. The highest BCUT2D eigenvalue weighted by atomic mass is 19.4. The maximum atomic E-state index is 12.1. The van der Waals surface area contributed by atoms with Gasteiger partial charge in [-0.05, 0) is 24.3 Å². The molecule has 1 aromatic rings. The first-order chi connectivity index (χ1) is 7.95. The number of nitriles is 1. The molecule has 2 nitrogen and oxygen atoms in total. The third-order valence-corrected chi connectivity index (χ3v) is 1.80. The molecule has 0 radical (unpaired) electrons. The molecule has 0 aliphatic carbocycles. The van der Waals surface area contributed by atoms with Crippen LogP contribution in [0.15, 0.2) is 24.3 Å². The van der Waals surface area contributed by atoms with Gasteiger partial charge in [0.2, 0.25) is 0 Å². The molecule has 5 heteroatoms. The summed E-state index contributed by atoms with van der Waals surface area (Å²) in [7, 11) is 0. The second kappa shape index (κ2) is 5.18. The summed E-state index contributed by atoms with van der Waals surface area (Å²) in [5.41, 5.74) is 0.0299. The molecule has 0 saturated heterocycles. The summed E-state index contributed by atoms with van der Waals surface area (Å²) in [5, 5.41) is 8.23. The number of benzene rings is 1. The Labute approximate surface area is 95.7 Å². The standard InChI is InChI=1S/C12H6F3NO/c13-12(14,15)11(17)10-6-4-9(5-7-10)3-1-2-8-16/h4-7H,2H2. The molecule has 0 fully saturated rings. The average Bonchev–Trinajstić information content (AvgIpc) is 2.28. The average molecular weight is 237 g/mol. The van der Waals surface area contributed by atoms with Crippen LogP contribution in [0.25, 0.3) is 0 Å². The lowest BCUT2D eigenvalue weighted by Crippen LogP contribution is -2.22. The Bertz CT molecular complexity index is 512. The summed E-state index contributed by atoms with van der Waals surface area (Å²) in [4.78, 5) is 10.8. The highest BCUT2D eigenvalue weighted by Gasteiger charge is 2.38. The van der Waals surface area contributed by atoms with Crippen molar-refractivity contribution in [1.82, 2.24) is 0 Å². The Balaban J connectivity index is 2.87. The van der Waals surface area contributed by atoms with E-state index in [1.54, 1.807) is 0 Å². The third kappa shape index (κ3) is 3.66. The molecule has 0 aliphatic rings. The first-order valence-electron chi connectivity index (χ1n) is 4.52. The van der Waals surface area contributed by atoms with Gasteiger partial charge in [0.15, 0.2) is 0 Å². The van der Waals surface area contributed by atoms with Crippen molar-refractivity contribution < 1.29 is 18.0 Å². The first kappa shape index (κ1) is 12.8. The van der Waals surface area contributed by atoms with E-state index in [-0.39, 0.29) is 6.42 Å². The zero-order chi connectivity index (χ0) is 12.9. The van der Waals surface area contributed by atoms with Crippen molar-refractivity contribution in [3.8, 4) is 17.9 Å². The number of Topliss-reactive ketones (excluding diaryl/α,β-unsaturated/α-hetero) is 1. The Morgan fingerprint density at radius 1 is 1.24 bits per heavy atom. The fraction of sp³-hybridized carbons (Fsp3) is 0.167. The van der Waals surface area contributed by atoms with Crippen LogP contribution in [0.1, 0.15) is 22.3 Å². The zero-order valence-electron chi connectivity index (χ0n) is 8.51. The number of hydrogen-bond acceptors (Lipinski definition) is 2. The number of nitrogens with zero attached hydrogens (tertiary/aromatic N) is 1. The molecule has 0 amide bonds. The molecule has 0 aromatic heterocycles. The number of carbonyl (C=O) groups is 1. The lowest BCUT2D eigenvalue weighted by molar-refractivity contribution is -0.0885. The molecule has 1 rings (SSSR count). The van der Waals surface area contributed by atoms with Gasteiger partial charge in [-0.1, -0.05) is 11.8 Å². The van der Waals surface area contributed by atoms with Crippen LogP contribution in [-0.2, 0) is 0 Å². The minimum Gasteiger partial charge on any atom is -0.284 e. The van der Waals surface area contributed by atoms with Gasteiger partial charge in [-0.25, -0.2) is 0 Å². The van der Waals surface area contributed by atoms with Crippen molar-refractivity contribution >= 4 is 5.78 Å². The molecule has 0 N–H and O–H groups in total. The van der Waals surface area contributed by atoms with E-state index in [1.807, 2.05) is 6.07 Å². The summed E-state index contributed by atoms with van der Waals surface area (Å²) < 4.78 is 36.2. The normalized spacial score (nSPS) is 10.0. The molecule has 0 heterocycles. The highest BCUT2D eigenvalue weighted by Crippen LogP contribution is 2.21. The molecular weight excluding hydrogens is 231 g/mol. The first-order valence-corrected chi connectivity index (χ1v) is 4.52. The predicted octanol–water partition coefficient (Wildman–Crippen LogP) is 2.70. The highest BCUT2D eigenvalue weighted by molar-refractivity contribution is 6.00. The van der Waals surface area contributed by atoms with Crippen LogP contribution in [0.4, 0.5) is 13.2 Å². The molecule has 0 bridgehead atoms. The number of halogens is 3. The molecule has 0 spiro atoms. The van der Waals surface area contributed by atoms with Crippen LogP contribution in [-0.4, -0.2) is 12.0 Å². The SMILES string of the molecule is N#CCC#Cc1ccc(C(=O)C(F)(F)F)cc1. The Hall–Kier alpha value is -2.27. The summed E-state index contributed by atoms with van der Waals surface area (Å²) >= 11 is 0. The van der Waals surface area contributed by atoms with Crippen molar-refractivity contribution in [3.63, 3.8) is 0 Å². The van der Waals surface area contributed by atoms with Gasteiger partial charge in [-0.3, -0.25) is 4.79 Å². The van der Waals surface area contributed by atoms with Crippen LogP contribution >= 0.6 is 0 Å². The van der Waals surface area contributed by atoms with Gasteiger partial charge in [0.1, 0.15) is 0 Å². The minimum atomic E-state index is -4.87. The van der Waals surface area contributed by atoms with E-state index in [0.717, 1.165) is 12.1 Å². The van der Waals surface area contributed by atoms with Gasteiger partial charge in [0.05, 0.1) is 12.5 Å². The van der Waals surface area contributed by atoms with Gasteiger partial charge in [0.25, 0.3) is 5.78 Å². The van der Waals surface area contributed by atoms with Crippen molar-refractivity contribution in [2.24, 2.45) is 0 Å². The van der Waals surface area contributed by atoms with E-state index in [2.05, 4.69) is 11.8 Å². The third-order valence-electron chi connectivity index (χ3n) is 1.80. The lowest BCUT2D eigenvalue weighted by Gasteiger charge is -2.04. The molecule has 86 valence electrons. The summed E-state index contributed by atoms with van der Waals surface area (Å²) in [6, 6.07) is 6.55. The number of hydrogen-bond donors (Lipinski definition) is 0. The van der Waals surface area contributed by atoms with Crippen molar-refractivity contribution in [2.75, 3.05) is 0 Å². The van der Waals surface area contributed by atoms with Gasteiger partial charge < -0.3 is 0 Å². The fourth-order valence-corrected chi connectivity index (χ4v) is 1.05. The Morgan fingerprint density at radius 2 is 1.82 bits per heavy atom. The number of ketones is 1. The van der Waals surface area contributed by atoms with Crippen LogP contribution in [0.5, 0.6) is 0 Å². The van der Waals surface area contributed by atoms with Crippen molar-refractivity contribution in [1.29, 1.82) is 5.26 Å². The molecule has 0 unspecified atom stereocenters. The van der Waals surface area contributed by atoms with E-state index < -0.39 is 17.5 Å². The smallest absolute Gasteiger partial charge is 0.284 e. The zero-order valence-corrected chi connectivity index (χ0v) is 8.51. The van der Waals surface area contributed by atoms with E-state index in [1.165, 1.54) is 12.1 Å². The number of carbonyl (C=O) groups excluding carboxylic acids is 1. The lowest BCUT2D eigenvalue weighted by atomic mass is 10.1. The van der Waals surface area contributed by atoms with Crippen LogP contribution in [0.3, 0.4) is 0 Å². The maximum Gasteiger partial charge on any atom is 0.454 e. The molecular formula is C12H6F3NO. The van der Waals surface area contributed by atoms with E-state index in [0.29, 0.717) is 5.56 Å². The minimum absolute atomic E-state index is 0.0449.